The lowest BCUT2D eigenvalue weighted by Crippen LogP contribution is -2.66. The first-order chi connectivity index (χ1) is 32.8. The maximum atomic E-state index is 12.9. The Morgan fingerprint density at radius 1 is 0.515 bits per heavy atom. The lowest BCUT2D eigenvalue weighted by atomic mass is 9.96. The van der Waals surface area contributed by atoms with Crippen LogP contribution in [0.25, 0.3) is 0 Å². The third kappa shape index (κ3) is 20.4. The largest absolute Gasteiger partial charge is 0.394 e. The lowest BCUT2D eigenvalue weighted by Gasteiger charge is -2.48. The van der Waals surface area contributed by atoms with Gasteiger partial charge in [-0.1, -0.05) is 134 Å². The molecule has 0 bridgehead atoms. The summed E-state index contributed by atoms with van der Waals surface area (Å²) in [6.07, 6.45) is 4.18. The average molecular weight is 980 g/mol. The van der Waals surface area contributed by atoms with Gasteiger partial charge >= 0.3 is 0 Å². The Bertz CT molecular complexity index is 1360. The average Bonchev–Trinajstić information content (AvgIpc) is 3.33. The Balaban J connectivity index is 1.50. The summed E-state index contributed by atoms with van der Waals surface area (Å²) in [4.78, 5) is 12.9. The monoisotopic (exact) mass is 980 g/mol. The van der Waals surface area contributed by atoms with Crippen molar-refractivity contribution >= 4 is 5.91 Å². The van der Waals surface area contributed by atoms with Crippen molar-refractivity contribution in [2.24, 2.45) is 0 Å². The van der Waals surface area contributed by atoms with Crippen molar-refractivity contribution in [2.45, 2.75) is 253 Å². The van der Waals surface area contributed by atoms with E-state index in [1.807, 2.05) is 6.08 Å². The van der Waals surface area contributed by atoms with Gasteiger partial charge in [0.1, 0.15) is 73.2 Å². The molecule has 0 saturated carbocycles. The van der Waals surface area contributed by atoms with Gasteiger partial charge in [0.2, 0.25) is 5.91 Å². The van der Waals surface area contributed by atoms with E-state index in [1.165, 1.54) is 77.0 Å². The molecule has 0 spiro atoms. The number of nitrogens with one attached hydrogen (secondary N) is 1. The zero-order valence-electron chi connectivity index (χ0n) is 40.6. The quantitative estimate of drug-likeness (QED) is 0.0317. The van der Waals surface area contributed by atoms with Gasteiger partial charge in [0.15, 0.2) is 18.9 Å². The van der Waals surface area contributed by atoms with Crippen LogP contribution < -0.4 is 5.32 Å². The van der Waals surface area contributed by atoms with Crippen molar-refractivity contribution in [2.75, 3.05) is 26.4 Å². The van der Waals surface area contributed by atoms with Crippen LogP contribution in [0.3, 0.4) is 0 Å². The van der Waals surface area contributed by atoms with Crippen molar-refractivity contribution in [3.05, 3.63) is 24.3 Å². The van der Waals surface area contributed by atoms with Gasteiger partial charge in [-0.2, -0.15) is 0 Å². The minimum Gasteiger partial charge on any atom is -0.394 e. The summed E-state index contributed by atoms with van der Waals surface area (Å²) in [6.45, 7) is 1.53. The highest BCUT2D eigenvalue weighted by molar-refractivity contribution is 5.76. The zero-order valence-corrected chi connectivity index (χ0v) is 40.6. The fourth-order valence-corrected chi connectivity index (χ4v) is 8.67. The second kappa shape index (κ2) is 34.6. The second-order valence-corrected chi connectivity index (χ2v) is 18.6. The van der Waals surface area contributed by atoms with Crippen LogP contribution in [0.15, 0.2) is 24.3 Å². The van der Waals surface area contributed by atoms with E-state index in [1.54, 1.807) is 6.08 Å². The van der Waals surface area contributed by atoms with E-state index in [-0.39, 0.29) is 18.9 Å². The summed E-state index contributed by atoms with van der Waals surface area (Å²) in [6, 6.07) is -0.980. The van der Waals surface area contributed by atoms with E-state index >= 15 is 0 Å². The van der Waals surface area contributed by atoms with Crippen LogP contribution in [0.1, 0.15) is 149 Å². The first-order valence-corrected chi connectivity index (χ1v) is 25.6. The van der Waals surface area contributed by atoms with Crippen molar-refractivity contribution in [1.82, 2.24) is 5.32 Å². The third-order valence-electron chi connectivity index (χ3n) is 13.0. The van der Waals surface area contributed by atoms with Crippen molar-refractivity contribution < 1.29 is 89.4 Å². The zero-order chi connectivity index (χ0) is 49.8. The van der Waals surface area contributed by atoms with Crippen molar-refractivity contribution in [1.29, 1.82) is 0 Å². The van der Waals surface area contributed by atoms with Gasteiger partial charge in [-0.25, -0.2) is 0 Å². The smallest absolute Gasteiger partial charge is 0.220 e. The molecule has 0 aliphatic carbocycles. The molecule has 3 saturated heterocycles. The Kier molecular flexibility index (Phi) is 30.8. The number of carbonyl (C=O) groups excluding carboxylic acids is 1. The standard InChI is InChI=1S/C49H89NO18/c1-3-5-7-9-10-11-12-13-14-15-16-17-18-19-20-21-22-23-24-26-33(54)32(50-37(55)27-25-8-6-4-2)31-63-47-43(61)40(58)45(35(29-52)65-47)68-49-44(62)41(59)46(36(30-53)66-49)67-48-42(60)39(57)38(56)34(28-51)64-48/h20-21,24,26,32-36,38-49,51-54,56-62H,3-19,22-23,25,27-31H2,1-2H3,(H,50,55)/b21-20+,26-24+. The van der Waals surface area contributed by atoms with Crippen molar-refractivity contribution in [3.63, 3.8) is 0 Å². The predicted octanol–water partition coefficient (Wildman–Crippen LogP) is 1.64. The molecule has 3 aliphatic heterocycles. The fraction of sp³-hybridized carbons (Fsp3) is 0.898. The Hall–Kier alpha value is -1.73. The second-order valence-electron chi connectivity index (χ2n) is 18.6. The fourth-order valence-electron chi connectivity index (χ4n) is 8.67. The minimum atomic E-state index is -1.98. The molecular weight excluding hydrogens is 891 g/mol. The number of hydrogen-bond acceptors (Lipinski definition) is 18. The lowest BCUT2D eigenvalue weighted by molar-refractivity contribution is -0.379. The van der Waals surface area contributed by atoms with Gasteiger partial charge in [-0.05, 0) is 32.1 Å². The van der Waals surface area contributed by atoms with Crippen LogP contribution in [0.2, 0.25) is 0 Å². The molecule has 0 aromatic rings. The van der Waals surface area contributed by atoms with E-state index in [0.717, 1.165) is 38.5 Å². The molecule has 0 radical (unpaired) electrons. The number of carbonyl (C=O) groups is 1. The number of unbranched alkanes of at least 4 members (excludes halogenated alkanes) is 17. The molecule has 68 heavy (non-hydrogen) atoms. The molecule has 17 unspecified atom stereocenters. The van der Waals surface area contributed by atoms with Gasteiger partial charge in [0.25, 0.3) is 0 Å². The summed E-state index contributed by atoms with van der Waals surface area (Å²) >= 11 is 0. The van der Waals surface area contributed by atoms with Crippen LogP contribution in [-0.4, -0.2) is 193 Å². The third-order valence-corrected chi connectivity index (χ3v) is 13.0. The highest BCUT2D eigenvalue weighted by atomic mass is 16.8. The van der Waals surface area contributed by atoms with Crippen LogP contribution in [-0.2, 0) is 33.2 Å². The van der Waals surface area contributed by atoms with Gasteiger partial charge < -0.3 is 89.9 Å². The van der Waals surface area contributed by atoms with E-state index in [9.17, 15) is 61.0 Å². The molecule has 1 amide bonds. The highest BCUT2D eigenvalue weighted by Crippen LogP contribution is 2.33. The number of aliphatic hydroxyl groups is 11. The van der Waals surface area contributed by atoms with Gasteiger partial charge in [-0.15, -0.1) is 0 Å². The van der Waals surface area contributed by atoms with E-state index in [0.29, 0.717) is 12.8 Å². The maximum Gasteiger partial charge on any atom is 0.220 e. The van der Waals surface area contributed by atoms with Crippen LogP contribution in [0, 0.1) is 0 Å². The number of allylic oxidation sites excluding steroid dienone is 3. The highest BCUT2D eigenvalue weighted by Gasteiger charge is 2.53. The number of rotatable bonds is 35. The predicted molar refractivity (Wildman–Crippen MR) is 250 cm³/mol. The molecule has 19 nitrogen and oxygen atoms in total. The minimum absolute atomic E-state index is 0.228. The summed E-state index contributed by atoms with van der Waals surface area (Å²) in [7, 11) is 0. The molecule has 17 atom stereocenters. The number of amides is 1. The molecule has 398 valence electrons. The Morgan fingerprint density at radius 2 is 0.941 bits per heavy atom. The molecular formula is C49H89NO18. The molecule has 19 heteroatoms. The van der Waals surface area contributed by atoms with E-state index < -0.39 is 124 Å². The normalized spacial score (nSPS) is 33.3. The van der Waals surface area contributed by atoms with E-state index in [4.69, 9.17) is 28.4 Å². The van der Waals surface area contributed by atoms with E-state index in [2.05, 4.69) is 31.3 Å². The maximum absolute atomic E-state index is 12.9. The van der Waals surface area contributed by atoms with Crippen LogP contribution >= 0.6 is 0 Å². The van der Waals surface area contributed by atoms with Crippen LogP contribution in [0.4, 0.5) is 0 Å². The van der Waals surface area contributed by atoms with Gasteiger partial charge in [0, 0.05) is 6.42 Å². The molecule has 3 fully saturated rings. The first-order valence-electron chi connectivity index (χ1n) is 25.6. The molecule has 0 aromatic carbocycles. The number of aliphatic hydroxyl groups excluding tert-OH is 11. The molecule has 3 heterocycles. The topological polar surface area (TPSA) is 307 Å². The number of ether oxygens (including phenoxy) is 6. The summed E-state index contributed by atoms with van der Waals surface area (Å²) < 4.78 is 33.9. The molecule has 12 N–H and O–H groups in total. The molecule has 3 aliphatic rings. The molecule has 3 rings (SSSR count). The Morgan fingerprint density at radius 3 is 1.47 bits per heavy atom. The Labute approximate surface area is 403 Å². The SMILES string of the molecule is CCCCCCCCCCCCCCC/C=C/CC/C=C/C(O)C(COC1OC(CO)C(OC2OC(CO)C(OC3OC(CO)C(O)C(O)C3O)C(O)C2O)C(O)C1O)NC(=O)CCCCCC. The van der Waals surface area contributed by atoms with Crippen LogP contribution in [0.5, 0.6) is 0 Å². The van der Waals surface area contributed by atoms with Crippen molar-refractivity contribution in [3.8, 4) is 0 Å². The summed E-state index contributed by atoms with van der Waals surface area (Å²) in [5, 5.41) is 119. The molecule has 0 aromatic heterocycles. The number of hydrogen-bond donors (Lipinski definition) is 12. The summed E-state index contributed by atoms with van der Waals surface area (Å²) in [5.74, 6) is -0.305. The first kappa shape index (κ1) is 60.6. The summed E-state index contributed by atoms with van der Waals surface area (Å²) in [5.41, 5.74) is 0. The van der Waals surface area contributed by atoms with Gasteiger partial charge in [0.05, 0.1) is 38.6 Å². The van der Waals surface area contributed by atoms with Gasteiger partial charge in [-0.3, -0.25) is 4.79 Å².